The molecule has 3 nitrogen and oxygen atoms in total. The molecule has 0 aliphatic carbocycles. The maximum Gasteiger partial charge on any atom is 0.330 e. The third-order valence-corrected chi connectivity index (χ3v) is 1.88. The van der Waals surface area contributed by atoms with Crippen molar-refractivity contribution in [2.45, 2.75) is 20.8 Å². The van der Waals surface area contributed by atoms with Gasteiger partial charge in [0.25, 0.3) is 0 Å². The molecule has 0 bridgehead atoms. The Balaban J connectivity index is 2.68. The van der Waals surface area contributed by atoms with Gasteiger partial charge in [-0.1, -0.05) is 0 Å². The molecule has 0 aliphatic rings. The maximum atomic E-state index is 11.0. The van der Waals surface area contributed by atoms with E-state index < -0.39 is 0 Å². The molecule has 1 rings (SSSR count). The summed E-state index contributed by atoms with van der Waals surface area (Å²) in [7, 11) is 0. The molecule has 0 unspecified atom stereocenters. The van der Waals surface area contributed by atoms with Crippen molar-refractivity contribution in [2.75, 3.05) is 6.61 Å². The quantitative estimate of drug-likeness (QED) is 0.590. The molecule has 0 spiro atoms. The van der Waals surface area contributed by atoms with Crippen LogP contribution in [0.5, 0.6) is 0 Å². The van der Waals surface area contributed by atoms with Gasteiger partial charge in [0.2, 0.25) is 0 Å². The van der Waals surface area contributed by atoms with Gasteiger partial charge in [-0.2, -0.15) is 0 Å². The number of carbonyl (C=O) groups is 1. The third-order valence-electron chi connectivity index (χ3n) is 1.88. The minimum Gasteiger partial charge on any atom is -0.463 e. The number of carbonyl (C=O) groups excluding carboxylic acids is 1. The second kappa shape index (κ2) is 4.65. The summed E-state index contributed by atoms with van der Waals surface area (Å²) in [6.07, 6.45) is 3.20. The maximum absolute atomic E-state index is 11.0. The van der Waals surface area contributed by atoms with Crippen LogP contribution in [0.25, 0.3) is 6.08 Å². The lowest BCUT2D eigenvalue weighted by atomic mass is 10.2. The van der Waals surface area contributed by atoms with Gasteiger partial charge in [0.05, 0.1) is 6.61 Å². The minimum atomic E-state index is -0.300. The Bertz CT molecular complexity index is 350. The number of rotatable bonds is 3. The minimum absolute atomic E-state index is 0.300. The van der Waals surface area contributed by atoms with Crippen LogP contribution in [0.1, 0.15) is 23.9 Å². The number of nitrogens with one attached hydrogen (secondary N) is 1. The zero-order valence-electron chi connectivity index (χ0n) is 8.76. The van der Waals surface area contributed by atoms with E-state index in [9.17, 15) is 4.79 Å². The van der Waals surface area contributed by atoms with E-state index in [-0.39, 0.29) is 5.97 Å². The molecule has 1 N–H and O–H groups in total. The van der Waals surface area contributed by atoms with E-state index in [4.69, 9.17) is 4.74 Å². The lowest BCUT2D eigenvalue weighted by Crippen LogP contribution is -1.98. The highest BCUT2D eigenvalue weighted by atomic mass is 16.5. The molecule has 0 aromatic carbocycles. The molecule has 1 aromatic rings. The highest BCUT2D eigenvalue weighted by molar-refractivity contribution is 5.87. The third kappa shape index (κ3) is 2.76. The molecule has 0 aliphatic heterocycles. The lowest BCUT2D eigenvalue weighted by Gasteiger charge is -1.94. The van der Waals surface area contributed by atoms with Crippen molar-refractivity contribution >= 4 is 12.0 Å². The van der Waals surface area contributed by atoms with Gasteiger partial charge in [-0.3, -0.25) is 0 Å². The van der Waals surface area contributed by atoms with Gasteiger partial charge in [0.1, 0.15) is 0 Å². The van der Waals surface area contributed by atoms with Crippen LogP contribution in [0, 0.1) is 13.8 Å². The van der Waals surface area contributed by atoms with E-state index in [1.54, 1.807) is 13.0 Å². The van der Waals surface area contributed by atoms with Gasteiger partial charge in [-0.25, -0.2) is 4.79 Å². The van der Waals surface area contributed by atoms with Gasteiger partial charge in [-0.15, -0.1) is 0 Å². The summed E-state index contributed by atoms with van der Waals surface area (Å²) in [4.78, 5) is 14.2. The highest BCUT2D eigenvalue weighted by Crippen LogP contribution is 2.10. The standard InChI is InChI=1S/C11H15NO2/c1-4-14-11(13)6-5-10-7-8(2)12-9(10)3/h5-7,12H,4H2,1-3H3/b6-5-. The zero-order chi connectivity index (χ0) is 10.6. The van der Waals surface area contributed by atoms with Crippen LogP contribution in [0.3, 0.4) is 0 Å². The summed E-state index contributed by atoms with van der Waals surface area (Å²) in [6, 6.07) is 1.99. The molecule has 1 aromatic heterocycles. The Kier molecular flexibility index (Phi) is 3.51. The number of aromatic amines is 1. The monoisotopic (exact) mass is 193 g/mol. The number of aryl methyl sites for hydroxylation is 2. The molecule has 3 heteroatoms. The lowest BCUT2D eigenvalue weighted by molar-refractivity contribution is -0.137. The largest absolute Gasteiger partial charge is 0.463 e. The predicted molar refractivity (Wildman–Crippen MR) is 55.9 cm³/mol. The predicted octanol–water partition coefficient (Wildman–Crippen LogP) is 2.21. The molecule has 0 saturated heterocycles. The summed E-state index contributed by atoms with van der Waals surface area (Å²) in [5.41, 5.74) is 3.17. The van der Waals surface area contributed by atoms with Crippen molar-refractivity contribution in [1.29, 1.82) is 0 Å². The Morgan fingerprint density at radius 1 is 1.57 bits per heavy atom. The molecule has 0 amide bonds. The molecule has 0 saturated carbocycles. The Hall–Kier alpha value is -1.51. The van der Waals surface area contributed by atoms with Gasteiger partial charge in [0, 0.05) is 17.5 Å². The van der Waals surface area contributed by atoms with E-state index in [0.29, 0.717) is 6.61 Å². The molecule has 0 atom stereocenters. The first-order valence-corrected chi connectivity index (χ1v) is 4.64. The molecule has 0 radical (unpaired) electrons. The molecular weight excluding hydrogens is 178 g/mol. The second-order valence-electron chi connectivity index (χ2n) is 3.12. The van der Waals surface area contributed by atoms with Crippen molar-refractivity contribution in [3.8, 4) is 0 Å². The molecule has 14 heavy (non-hydrogen) atoms. The summed E-state index contributed by atoms with van der Waals surface area (Å²) in [5.74, 6) is -0.300. The van der Waals surface area contributed by atoms with Crippen LogP contribution in [0.2, 0.25) is 0 Å². The summed E-state index contributed by atoms with van der Waals surface area (Å²) < 4.78 is 4.77. The van der Waals surface area contributed by atoms with Gasteiger partial charge < -0.3 is 9.72 Å². The SMILES string of the molecule is CCOC(=O)/C=C\c1cc(C)[nH]c1C. The fourth-order valence-electron chi connectivity index (χ4n) is 1.27. The van der Waals surface area contributed by atoms with Crippen LogP contribution < -0.4 is 0 Å². The fraction of sp³-hybridized carbons (Fsp3) is 0.364. The van der Waals surface area contributed by atoms with Crippen LogP contribution >= 0.6 is 0 Å². The Morgan fingerprint density at radius 3 is 2.79 bits per heavy atom. The number of esters is 1. The van der Waals surface area contributed by atoms with Crippen molar-refractivity contribution in [3.05, 3.63) is 29.1 Å². The van der Waals surface area contributed by atoms with Crippen molar-refractivity contribution in [1.82, 2.24) is 4.98 Å². The molecule has 76 valence electrons. The number of H-pyrrole nitrogens is 1. The van der Waals surface area contributed by atoms with E-state index >= 15 is 0 Å². The first-order chi connectivity index (χ1) is 6.63. The smallest absolute Gasteiger partial charge is 0.330 e. The first-order valence-electron chi connectivity index (χ1n) is 4.64. The number of ether oxygens (including phenoxy) is 1. The summed E-state index contributed by atoms with van der Waals surface area (Å²) in [5, 5.41) is 0. The number of hydrogen-bond acceptors (Lipinski definition) is 2. The highest BCUT2D eigenvalue weighted by Gasteiger charge is 1.99. The van der Waals surface area contributed by atoms with Crippen LogP contribution in [0.15, 0.2) is 12.1 Å². The Labute approximate surface area is 83.8 Å². The van der Waals surface area contributed by atoms with E-state index in [1.807, 2.05) is 19.9 Å². The average molecular weight is 193 g/mol. The summed E-state index contributed by atoms with van der Waals surface area (Å²) in [6.45, 7) is 6.15. The van der Waals surface area contributed by atoms with Gasteiger partial charge in [-0.05, 0) is 38.5 Å². The molecule has 0 fully saturated rings. The number of hydrogen-bond donors (Lipinski definition) is 1. The van der Waals surface area contributed by atoms with Gasteiger partial charge >= 0.3 is 5.97 Å². The van der Waals surface area contributed by atoms with Crippen LogP contribution in [-0.2, 0) is 9.53 Å². The van der Waals surface area contributed by atoms with E-state index in [2.05, 4.69) is 4.98 Å². The van der Waals surface area contributed by atoms with E-state index in [1.165, 1.54) is 6.08 Å². The van der Waals surface area contributed by atoms with E-state index in [0.717, 1.165) is 17.0 Å². The first kappa shape index (κ1) is 10.6. The zero-order valence-corrected chi connectivity index (χ0v) is 8.76. The van der Waals surface area contributed by atoms with Gasteiger partial charge in [0.15, 0.2) is 0 Å². The topological polar surface area (TPSA) is 42.1 Å². The average Bonchev–Trinajstić information content (AvgIpc) is 2.42. The molecular formula is C11H15NO2. The van der Waals surface area contributed by atoms with Crippen LogP contribution in [-0.4, -0.2) is 17.6 Å². The van der Waals surface area contributed by atoms with Crippen LogP contribution in [0.4, 0.5) is 0 Å². The van der Waals surface area contributed by atoms with Crippen molar-refractivity contribution in [3.63, 3.8) is 0 Å². The second-order valence-corrected chi connectivity index (χ2v) is 3.12. The normalized spacial score (nSPS) is 10.8. The van der Waals surface area contributed by atoms with Crippen molar-refractivity contribution in [2.24, 2.45) is 0 Å². The Morgan fingerprint density at radius 2 is 2.29 bits per heavy atom. The summed E-state index contributed by atoms with van der Waals surface area (Å²) >= 11 is 0. The fourth-order valence-corrected chi connectivity index (χ4v) is 1.27. The number of aromatic nitrogens is 1. The molecule has 1 heterocycles. The van der Waals surface area contributed by atoms with Crippen molar-refractivity contribution < 1.29 is 9.53 Å².